The van der Waals surface area contributed by atoms with E-state index in [9.17, 15) is 4.39 Å². The third-order valence-electron chi connectivity index (χ3n) is 3.19. The minimum absolute atomic E-state index is 0.116. The monoisotopic (exact) mass is 259 g/mol. The van der Waals surface area contributed by atoms with Gasteiger partial charge < -0.3 is 10.5 Å². The molecule has 0 heterocycles. The third-order valence-corrected chi connectivity index (χ3v) is 3.19. The summed E-state index contributed by atoms with van der Waals surface area (Å²) in [6.07, 6.45) is 1.72. The molecule has 2 aromatic rings. The Bertz CT molecular complexity index is 528. The van der Waals surface area contributed by atoms with E-state index in [0.29, 0.717) is 0 Å². The highest BCUT2D eigenvalue weighted by atomic mass is 19.1. The number of hydrogen-bond donors (Lipinski definition) is 1. The summed E-state index contributed by atoms with van der Waals surface area (Å²) in [5, 5.41) is 0. The molecule has 2 aromatic carbocycles. The van der Waals surface area contributed by atoms with Crippen LogP contribution in [0.25, 0.3) is 0 Å². The van der Waals surface area contributed by atoms with E-state index in [0.717, 1.165) is 18.4 Å². The Balaban J connectivity index is 2.02. The lowest BCUT2D eigenvalue weighted by atomic mass is 9.99. The molecule has 1 atom stereocenters. The van der Waals surface area contributed by atoms with Crippen molar-refractivity contribution < 1.29 is 9.13 Å². The van der Waals surface area contributed by atoms with E-state index in [1.165, 1.54) is 18.7 Å². The molecule has 0 spiro atoms. The fraction of sp³-hybridized carbons (Fsp3) is 0.250. The maximum absolute atomic E-state index is 13.3. The van der Waals surface area contributed by atoms with Gasteiger partial charge in [0.05, 0.1) is 7.11 Å². The number of methoxy groups -OCH3 is 1. The summed E-state index contributed by atoms with van der Waals surface area (Å²) < 4.78 is 18.3. The van der Waals surface area contributed by atoms with Gasteiger partial charge in [-0.3, -0.25) is 0 Å². The van der Waals surface area contributed by atoms with Crippen molar-refractivity contribution >= 4 is 0 Å². The minimum atomic E-state index is -0.360. The number of hydrogen-bond acceptors (Lipinski definition) is 2. The zero-order valence-corrected chi connectivity index (χ0v) is 11.0. The summed E-state index contributed by atoms with van der Waals surface area (Å²) in [6, 6.07) is 14.9. The number of ether oxygens (including phenoxy) is 1. The second-order valence-corrected chi connectivity index (χ2v) is 4.52. The standard InChI is InChI=1S/C16H18FNO/c1-19-16-11-13(8-9-14(16)17)15(18)10-7-12-5-3-2-4-6-12/h2-6,8-9,11,15H,7,10,18H2,1H3. The average molecular weight is 259 g/mol. The van der Waals surface area contributed by atoms with E-state index < -0.39 is 0 Å². The van der Waals surface area contributed by atoms with Crippen LogP contribution in [-0.4, -0.2) is 7.11 Å². The second-order valence-electron chi connectivity index (χ2n) is 4.52. The summed E-state index contributed by atoms with van der Waals surface area (Å²) in [5.41, 5.74) is 8.29. The van der Waals surface area contributed by atoms with Gasteiger partial charge in [-0.05, 0) is 36.1 Å². The molecule has 1 unspecified atom stereocenters. The molecule has 0 aromatic heterocycles. The first-order valence-corrected chi connectivity index (χ1v) is 6.33. The molecule has 0 fully saturated rings. The molecule has 19 heavy (non-hydrogen) atoms. The lowest BCUT2D eigenvalue weighted by molar-refractivity contribution is 0.385. The van der Waals surface area contributed by atoms with E-state index in [2.05, 4.69) is 12.1 Å². The summed E-state index contributed by atoms with van der Waals surface area (Å²) in [6.45, 7) is 0. The van der Waals surface area contributed by atoms with E-state index in [1.807, 2.05) is 18.2 Å². The molecule has 0 aliphatic heterocycles. The highest BCUT2D eigenvalue weighted by molar-refractivity contribution is 5.32. The van der Waals surface area contributed by atoms with Crippen LogP contribution in [0.3, 0.4) is 0 Å². The Morgan fingerprint density at radius 3 is 2.58 bits per heavy atom. The molecule has 0 aliphatic carbocycles. The van der Waals surface area contributed by atoms with Gasteiger partial charge in [0.2, 0.25) is 0 Å². The number of nitrogens with two attached hydrogens (primary N) is 1. The normalized spacial score (nSPS) is 12.2. The van der Waals surface area contributed by atoms with Gasteiger partial charge in [0.25, 0.3) is 0 Å². The van der Waals surface area contributed by atoms with Gasteiger partial charge in [-0.1, -0.05) is 36.4 Å². The fourth-order valence-corrected chi connectivity index (χ4v) is 2.04. The van der Waals surface area contributed by atoms with Crippen LogP contribution in [0, 0.1) is 5.82 Å². The van der Waals surface area contributed by atoms with Crippen molar-refractivity contribution in [3.05, 3.63) is 65.5 Å². The van der Waals surface area contributed by atoms with Gasteiger partial charge in [0.1, 0.15) is 0 Å². The Morgan fingerprint density at radius 1 is 1.16 bits per heavy atom. The van der Waals surface area contributed by atoms with Crippen LogP contribution in [0.2, 0.25) is 0 Å². The highest BCUT2D eigenvalue weighted by Gasteiger charge is 2.10. The lowest BCUT2D eigenvalue weighted by Crippen LogP contribution is -2.11. The first-order chi connectivity index (χ1) is 9.20. The van der Waals surface area contributed by atoms with Gasteiger partial charge in [-0.25, -0.2) is 4.39 Å². The van der Waals surface area contributed by atoms with Crippen molar-refractivity contribution in [2.75, 3.05) is 7.11 Å². The fourth-order valence-electron chi connectivity index (χ4n) is 2.04. The van der Waals surface area contributed by atoms with Crippen molar-refractivity contribution in [1.29, 1.82) is 0 Å². The minimum Gasteiger partial charge on any atom is -0.494 e. The van der Waals surface area contributed by atoms with E-state index in [-0.39, 0.29) is 17.6 Å². The van der Waals surface area contributed by atoms with Crippen LogP contribution in [-0.2, 0) is 6.42 Å². The van der Waals surface area contributed by atoms with Crippen LogP contribution < -0.4 is 10.5 Å². The largest absolute Gasteiger partial charge is 0.494 e. The Morgan fingerprint density at radius 2 is 1.89 bits per heavy atom. The quantitative estimate of drug-likeness (QED) is 0.892. The summed E-state index contributed by atoms with van der Waals surface area (Å²) in [7, 11) is 1.46. The van der Waals surface area contributed by atoms with E-state index >= 15 is 0 Å². The number of halogens is 1. The maximum Gasteiger partial charge on any atom is 0.165 e. The summed E-state index contributed by atoms with van der Waals surface area (Å²) >= 11 is 0. The summed E-state index contributed by atoms with van der Waals surface area (Å²) in [5.74, 6) is -0.117. The molecule has 0 saturated heterocycles. The molecule has 2 N–H and O–H groups in total. The molecule has 2 nitrogen and oxygen atoms in total. The SMILES string of the molecule is COc1cc(C(N)CCc2ccccc2)ccc1F. The van der Waals surface area contributed by atoms with Gasteiger partial charge in [-0.15, -0.1) is 0 Å². The lowest BCUT2D eigenvalue weighted by Gasteiger charge is -2.13. The highest BCUT2D eigenvalue weighted by Crippen LogP contribution is 2.24. The molecule has 0 amide bonds. The number of aryl methyl sites for hydroxylation is 1. The van der Waals surface area contributed by atoms with Crippen LogP contribution >= 0.6 is 0 Å². The predicted molar refractivity (Wildman–Crippen MR) is 74.6 cm³/mol. The summed E-state index contributed by atoms with van der Waals surface area (Å²) in [4.78, 5) is 0. The van der Waals surface area contributed by atoms with Gasteiger partial charge in [0, 0.05) is 6.04 Å². The van der Waals surface area contributed by atoms with Crippen molar-refractivity contribution in [3.63, 3.8) is 0 Å². The topological polar surface area (TPSA) is 35.2 Å². The van der Waals surface area contributed by atoms with Crippen LogP contribution in [0.4, 0.5) is 4.39 Å². The van der Waals surface area contributed by atoms with Crippen LogP contribution in [0.5, 0.6) is 5.75 Å². The van der Waals surface area contributed by atoms with Crippen LogP contribution in [0.1, 0.15) is 23.6 Å². The molecule has 100 valence electrons. The van der Waals surface area contributed by atoms with Crippen molar-refractivity contribution in [2.45, 2.75) is 18.9 Å². The van der Waals surface area contributed by atoms with Crippen LogP contribution in [0.15, 0.2) is 48.5 Å². The Hall–Kier alpha value is -1.87. The molecule has 0 aliphatic rings. The van der Waals surface area contributed by atoms with E-state index in [1.54, 1.807) is 12.1 Å². The van der Waals surface area contributed by atoms with Crippen molar-refractivity contribution in [1.82, 2.24) is 0 Å². The predicted octanol–water partition coefficient (Wildman–Crippen LogP) is 3.47. The Kier molecular flexibility index (Phi) is 4.53. The second kappa shape index (κ2) is 6.34. The van der Waals surface area contributed by atoms with Crippen molar-refractivity contribution in [2.24, 2.45) is 5.73 Å². The number of benzene rings is 2. The smallest absolute Gasteiger partial charge is 0.165 e. The molecular weight excluding hydrogens is 241 g/mol. The van der Waals surface area contributed by atoms with Gasteiger partial charge in [-0.2, -0.15) is 0 Å². The van der Waals surface area contributed by atoms with E-state index in [4.69, 9.17) is 10.5 Å². The first kappa shape index (κ1) is 13.6. The first-order valence-electron chi connectivity index (χ1n) is 6.33. The molecular formula is C16H18FNO. The molecule has 0 bridgehead atoms. The van der Waals surface area contributed by atoms with Crippen molar-refractivity contribution in [3.8, 4) is 5.75 Å². The Labute approximate surface area is 113 Å². The zero-order valence-electron chi connectivity index (χ0n) is 11.0. The molecule has 3 heteroatoms. The molecule has 2 rings (SSSR count). The molecule has 0 saturated carbocycles. The number of rotatable bonds is 5. The molecule has 0 radical (unpaired) electrons. The van der Waals surface area contributed by atoms with Gasteiger partial charge >= 0.3 is 0 Å². The van der Waals surface area contributed by atoms with Gasteiger partial charge in [0.15, 0.2) is 11.6 Å². The average Bonchev–Trinajstić information content (AvgIpc) is 2.46. The zero-order chi connectivity index (χ0) is 13.7. The third kappa shape index (κ3) is 3.55. The maximum atomic E-state index is 13.3.